The van der Waals surface area contributed by atoms with Gasteiger partial charge in [-0.1, -0.05) is 25.5 Å². The van der Waals surface area contributed by atoms with Crippen molar-refractivity contribution in [2.45, 2.75) is 77.3 Å². The first-order valence-electron chi connectivity index (χ1n) is 16.6. The number of benzene rings is 2. The van der Waals surface area contributed by atoms with Crippen LogP contribution >= 0.6 is 0 Å². The molecule has 0 spiro atoms. The maximum absolute atomic E-state index is 14.1. The molecule has 250 valence electrons. The summed E-state index contributed by atoms with van der Waals surface area (Å²) >= 11 is 0. The Bertz CT molecular complexity index is 1600. The van der Waals surface area contributed by atoms with E-state index in [4.69, 9.17) is 24.4 Å². The van der Waals surface area contributed by atoms with Gasteiger partial charge in [0, 0.05) is 44.2 Å². The Hall–Kier alpha value is -4.31. The zero-order chi connectivity index (χ0) is 33.5. The van der Waals surface area contributed by atoms with Gasteiger partial charge < -0.3 is 19.5 Å². The number of carbonyl (C=O) groups is 3. The lowest BCUT2D eigenvalue weighted by Crippen LogP contribution is -2.50. The highest BCUT2D eigenvalue weighted by molar-refractivity contribution is 6.00. The average molecular weight is 646 g/mol. The summed E-state index contributed by atoms with van der Waals surface area (Å²) in [5.41, 5.74) is 6.84. The van der Waals surface area contributed by atoms with E-state index >= 15 is 0 Å². The number of methoxy groups -OCH3 is 1. The predicted octanol–water partition coefficient (Wildman–Crippen LogP) is 6.27. The van der Waals surface area contributed by atoms with Crippen LogP contribution in [0.5, 0.6) is 5.75 Å². The van der Waals surface area contributed by atoms with E-state index in [9.17, 15) is 14.0 Å². The van der Waals surface area contributed by atoms with Crippen molar-refractivity contribution in [1.82, 2.24) is 14.8 Å². The third-order valence-electron chi connectivity index (χ3n) is 9.23. The summed E-state index contributed by atoms with van der Waals surface area (Å²) in [6.45, 7) is 7.52. The first-order valence-corrected chi connectivity index (χ1v) is 16.6. The number of carboxylic acid groups (broad SMARTS) is 1. The van der Waals surface area contributed by atoms with E-state index in [1.54, 1.807) is 18.2 Å². The Morgan fingerprint density at radius 2 is 1.81 bits per heavy atom. The summed E-state index contributed by atoms with van der Waals surface area (Å²) in [7, 11) is 1.36. The van der Waals surface area contributed by atoms with Crippen LogP contribution in [0, 0.1) is 5.82 Å². The second-order valence-corrected chi connectivity index (χ2v) is 12.3. The largest absolute Gasteiger partial charge is 0.494 e. The van der Waals surface area contributed by atoms with Crippen molar-refractivity contribution in [1.29, 1.82) is 0 Å². The van der Waals surface area contributed by atoms with Crippen LogP contribution in [-0.4, -0.2) is 77.6 Å². The molecule has 10 heteroatoms. The van der Waals surface area contributed by atoms with Crippen LogP contribution in [0.4, 0.5) is 4.39 Å². The van der Waals surface area contributed by atoms with Gasteiger partial charge in [0.15, 0.2) is 0 Å². The average Bonchev–Trinajstić information content (AvgIpc) is 3.92. The number of hydrogen-bond acceptors (Lipinski definition) is 7. The number of likely N-dealkylation sites (tertiary alicyclic amines) is 1. The summed E-state index contributed by atoms with van der Waals surface area (Å²) in [6.07, 6.45) is 6.31. The second-order valence-electron chi connectivity index (χ2n) is 12.3. The van der Waals surface area contributed by atoms with Crippen molar-refractivity contribution in [2.24, 2.45) is 0 Å². The molecule has 1 N–H and O–H groups in total. The summed E-state index contributed by atoms with van der Waals surface area (Å²) in [5.74, 6) is 0.658. The number of aromatic nitrogens is 1. The summed E-state index contributed by atoms with van der Waals surface area (Å²) in [4.78, 5) is 43.7. The number of amides is 1. The highest BCUT2D eigenvalue weighted by Gasteiger charge is 2.35. The molecule has 1 aliphatic carbocycles. The third kappa shape index (κ3) is 7.81. The van der Waals surface area contributed by atoms with Crippen LogP contribution in [0.2, 0.25) is 0 Å². The lowest BCUT2D eigenvalue weighted by Gasteiger charge is -2.40. The monoisotopic (exact) mass is 645 g/mol. The Balaban J connectivity index is 0.00000139. The van der Waals surface area contributed by atoms with Gasteiger partial charge in [0.05, 0.1) is 36.2 Å². The first-order chi connectivity index (χ1) is 22.8. The van der Waals surface area contributed by atoms with Crippen LogP contribution in [-0.2, 0) is 28.9 Å². The van der Waals surface area contributed by atoms with Gasteiger partial charge >= 0.3 is 5.97 Å². The lowest BCUT2D eigenvalue weighted by atomic mass is 9.93. The quantitative estimate of drug-likeness (QED) is 0.203. The molecule has 3 heterocycles. The molecular formula is C37H44FN3O6. The van der Waals surface area contributed by atoms with Gasteiger partial charge in [0.2, 0.25) is 0 Å². The molecule has 2 aliphatic heterocycles. The molecular weight excluding hydrogens is 601 g/mol. The number of carbonyl (C=O) groups excluding carboxylic acids is 2. The van der Waals surface area contributed by atoms with Gasteiger partial charge in [0.25, 0.3) is 12.4 Å². The van der Waals surface area contributed by atoms with E-state index in [0.717, 1.165) is 74.3 Å². The minimum atomic E-state index is -0.442. The molecule has 0 unspecified atom stereocenters. The SMILES string of the molecule is CCCc1nc2c(cc1C(=O)OC)C(=O)N(C1CCN(Cc3cc(C4CC4)c(-c4cccc(F)c4)cc3OCC)CC1)CC2.O=CO. The van der Waals surface area contributed by atoms with Crippen LogP contribution < -0.4 is 4.74 Å². The molecule has 9 nitrogen and oxygen atoms in total. The highest BCUT2D eigenvalue weighted by atomic mass is 19.1. The maximum atomic E-state index is 14.1. The smallest absolute Gasteiger partial charge is 0.339 e. The number of nitrogens with zero attached hydrogens (tertiary/aromatic N) is 3. The zero-order valence-electron chi connectivity index (χ0n) is 27.5. The molecule has 1 amide bonds. The van der Waals surface area contributed by atoms with E-state index in [2.05, 4.69) is 17.0 Å². The van der Waals surface area contributed by atoms with E-state index in [-0.39, 0.29) is 24.2 Å². The summed E-state index contributed by atoms with van der Waals surface area (Å²) in [6, 6.07) is 13.1. The molecule has 1 saturated heterocycles. The number of halogens is 1. The molecule has 2 fully saturated rings. The van der Waals surface area contributed by atoms with E-state index < -0.39 is 5.97 Å². The van der Waals surface area contributed by atoms with Crippen molar-refractivity contribution in [3.8, 4) is 16.9 Å². The number of ether oxygens (including phenoxy) is 2. The van der Waals surface area contributed by atoms with E-state index in [1.165, 1.54) is 24.3 Å². The van der Waals surface area contributed by atoms with Crippen molar-refractivity contribution in [3.63, 3.8) is 0 Å². The molecule has 3 aliphatic rings. The number of aryl methyl sites for hydroxylation is 1. The Morgan fingerprint density at radius 3 is 2.45 bits per heavy atom. The van der Waals surface area contributed by atoms with Gasteiger partial charge in [-0.25, -0.2) is 9.18 Å². The maximum Gasteiger partial charge on any atom is 0.339 e. The van der Waals surface area contributed by atoms with Gasteiger partial charge in [-0.2, -0.15) is 0 Å². The lowest BCUT2D eigenvalue weighted by molar-refractivity contribution is -0.122. The van der Waals surface area contributed by atoms with Crippen LogP contribution in [0.3, 0.4) is 0 Å². The third-order valence-corrected chi connectivity index (χ3v) is 9.23. The fourth-order valence-corrected chi connectivity index (χ4v) is 6.84. The molecule has 1 aromatic heterocycles. The molecule has 47 heavy (non-hydrogen) atoms. The van der Waals surface area contributed by atoms with E-state index in [0.29, 0.717) is 48.7 Å². The van der Waals surface area contributed by atoms with Crippen LogP contribution in [0.1, 0.15) is 95.1 Å². The number of fused-ring (bicyclic) bond motifs is 1. The Kier molecular flexibility index (Phi) is 11.2. The molecule has 0 atom stereocenters. The minimum Gasteiger partial charge on any atom is -0.494 e. The number of piperidine rings is 1. The van der Waals surface area contributed by atoms with Crippen LogP contribution in [0.25, 0.3) is 11.1 Å². The molecule has 1 saturated carbocycles. The standard InChI is InChI=1S/C36H42FN3O4.CH2O2/c1-4-7-32-31(36(42)43-3)20-30-33(38-32)14-17-40(35(30)41)27-12-15-39(16-13-27)22-25-19-28(23-10-11-23)29(21-34(25)44-5-2)24-8-6-9-26(37)18-24;2-1-3/h6,8-9,18-21,23,27H,4-5,7,10-17,22H2,1-3H3;1H,(H,2,3). The number of esters is 1. The molecule has 2 aromatic carbocycles. The topological polar surface area (TPSA) is 109 Å². The van der Waals surface area contributed by atoms with Crippen molar-refractivity contribution in [2.75, 3.05) is 33.4 Å². The van der Waals surface area contributed by atoms with Crippen molar-refractivity contribution < 1.29 is 33.4 Å². The first kappa shape index (κ1) is 34.0. The second kappa shape index (κ2) is 15.5. The van der Waals surface area contributed by atoms with Gasteiger partial charge in [-0.15, -0.1) is 0 Å². The minimum absolute atomic E-state index is 0.0361. The zero-order valence-corrected chi connectivity index (χ0v) is 27.5. The molecule has 0 radical (unpaired) electrons. The van der Waals surface area contributed by atoms with Gasteiger partial charge in [-0.05, 0) is 92.0 Å². The summed E-state index contributed by atoms with van der Waals surface area (Å²) in [5, 5.41) is 6.89. The Morgan fingerprint density at radius 1 is 1.06 bits per heavy atom. The molecule has 0 bridgehead atoms. The van der Waals surface area contributed by atoms with Crippen molar-refractivity contribution >= 4 is 18.3 Å². The molecule has 3 aromatic rings. The Labute approximate surface area is 275 Å². The summed E-state index contributed by atoms with van der Waals surface area (Å²) < 4.78 is 25.3. The normalized spacial score (nSPS) is 16.6. The predicted molar refractivity (Wildman–Crippen MR) is 176 cm³/mol. The number of hydrogen-bond donors (Lipinski definition) is 1. The van der Waals surface area contributed by atoms with Crippen LogP contribution in [0.15, 0.2) is 42.5 Å². The molecule has 6 rings (SSSR count). The fraction of sp³-hybridized carbons (Fsp3) is 0.459. The fourth-order valence-electron chi connectivity index (χ4n) is 6.84. The van der Waals surface area contributed by atoms with E-state index in [1.807, 2.05) is 24.8 Å². The van der Waals surface area contributed by atoms with Crippen molar-refractivity contribution in [3.05, 3.63) is 81.9 Å². The number of rotatable bonds is 10. The number of pyridine rings is 1. The van der Waals surface area contributed by atoms with Gasteiger partial charge in [-0.3, -0.25) is 19.5 Å². The highest BCUT2D eigenvalue weighted by Crippen LogP contribution is 2.47. The van der Waals surface area contributed by atoms with Gasteiger partial charge in [0.1, 0.15) is 11.6 Å².